The standard InChI is InChI=1S/C33H25N3/c1-33(2)28-14-6-9-17-31(28)36(32-18-10-7-15-29(32)33)30-16-8-5-13-27(30)26-12-4-3-11-25(26)24-19-23(20-34)21-35-22-24/h3-19,21-22H,1-2H3. The average molecular weight is 464 g/mol. The summed E-state index contributed by atoms with van der Waals surface area (Å²) in [4.78, 5) is 6.72. The number of fused-ring (bicyclic) bond motifs is 2. The van der Waals surface area contributed by atoms with E-state index in [1.807, 2.05) is 18.3 Å². The lowest BCUT2D eigenvalue weighted by Gasteiger charge is -2.42. The van der Waals surface area contributed by atoms with Crippen LogP contribution < -0.4 is 4.90 Å². The molecule has 1 aliphatic heterocycles. The van der Waals surface area contributed by atoms with Crippen molar-refractivity contribution in [3.05, 3.63) is 132 Å². The van der Waals surface area contributed by atoms with Gasteiger partial charge in [-0.1, -0.05) is 92.7 Å². The van der Waals surface area contributed by atoms with E-state index < -0.39 is 0 Å². The monoisotopic (exact) mass is 463 g/mol. The third kappa shape index (κ3) is 3.39. The van der Waals surface area contributed by atoms with Gasteiger partial charge in [0.15, 0.2) is 0 Å². The van der Waals surface area contributed by atoms with Crippen molar-refractivity contribution in [2.24, 2.45) is 0 Å². The Hall–Kier alpha value is -4.68. The number of nitriles is 1. The number of benzene rings is 4. The Kier molecular flexibility index (Phi) is 5.16. The molecule has 0 atom stereocenters. The molecule has 0 fully saturated rings. The molecular formula is C33H25N3. The van der Waals surface area contributed by atoms with Crippen LogP contribution in [-0.2, 0) is 5.41 Å². The first-order valence-electron chi connectivity index (χ1n) is 12.1. The molecule has 6 rings (SSSR count). The molecule has 2 heterocycles. The summed E-state index contributed by atoms with van der Waals surface area (Å²) in [7, 11) is 0. The molecule has 172 valence electrons. The van der Waals surface area contributed by atoms with Crippen LogP contribution >= 0.6 is 0 Å². The number of pyridine rings is 1. The van der Waals surface area contributed by atoms with E-state index in [0.717, 1.165) is 27.9 Å². The van der Waals surface area contributed by atoms with E-state index in [-0.39, 0.29) is 5.41 Å². The van der Waals surface area contributed by atoms with Gasteiger partial charge in [-0.2, -0.15) is 5.26 Å². The maximum Gasteiger partial charge on any atom is 0.101 e. The molecule has 0 unspecified atom stereocenters. The summed E-state index contributed by atoms with van der Waals surface area (Å²) < 4.78 is 0. The summed E-state index contributed by atoms with van der Waals surface area (Å²) in [5, 5.41) is 9.44. The van der Waals surface area contributed by atoms with E-state index in [2.05, 4.69) is 121 Å². The van der Waals surface area contributed by atoms with Gasteiger partial charge in [0.2, 0.25) is 0 Å². The largest absolute Gasteiger partial charge is 0.309 e. The van der Waals surface area contributed by atoms with Gasteiger partial charge in [-0.25, -0.2) is 0 Å². The van der Waals surface area contributed by atoms with Gasteiger partial charge in [0, 0.05) is 28.9 Å². The van der Waals surface area contributed by atoms with Gasteiger partial charge >= 0.3 is 0 Å². The molecule has 0 saturated carbocycles. The van der Waals surface area contributed by atoms with Crippen LogP contribution in [0.2, 0.25) is 0 Å². The maximum absolute atomic E-state index is 9.44. The van der Waals surface area contributed by atoms with Gasteiger partial charge in [0.25, 0.3) is 0 Å². The predicted octanol–water partition coefficient (Wildman–Crippen LogP) is 8.40. The lowest BCUT2D eigenvalue weighted by Crippen LogP contribution is -2.30. The second-order valence-electron chi connectivity index (χ2n) is 9.63. The van der Waals surface area contributed by atoms with E-state index in [9.17, 15) is 5.26 Å². The number of anilines is 3. The molecule has 0 radical (unpaired) electrons. The fourth-order valence-electron chi connectivity index (χ4n) is 5.44. The summed E-state index contributed by atoms with van der Waals surface area (Å²) in [5.74, 6) is 0. The minimum atomic E-state index is -0.111. The highest BCUT2D eigenvalue weighted by Crippen LogP contribution is 2.53. The van der Waals surface area contributed by atoms with Crippen LogP contribution in [0.15, 0.2) is 116 Å². The molecule has 1 aliphatic rings. The van der Waals surface area contributed by atoms with Crippen molar-refractivity contribution in [3.63, 3.8) is 0 Å². The Labute approximate surface area is 211 Å². The molecule has 4 aromatic carbocycles. The molecule has 0 spiro atoms. The molecule has 0 bridgehead atoms. The molecule has 0 amide bonds. The van der Waals surface area contributed by atoms with Crippen LogP contribution in [0.4, 0.5) is 17.1 Å². The van der Waals surface area contributed by atoms with Crippen molar-refractivity contribution in [2.75, 3.05) is 4.90 Å². The number of rotatable bonds is 3. The Bertz CT molecular complexity index is 1590. The van der Waals surface area contributed by atoms with Gasteiger partial charge < -0.3 is 4.90 Å². The zero-order valence-corrected chi connectivity index (χ0v) is 20.3. The molecule has 3 heteroatoms. The molecular weight excluding hydrogens is 438 g/mol. The van der Waals surface area contributed by atoms with Crippen molar-refractivity contribution in [1.29, 1.82) is 5.26 Å². The van der Waals surface area contributed by atoms with Gasteiger partial charge in [-0.3, -0.25) is 4.98 Å². The van der Waals surface area contributed by atoms with Crippen molar-refractivity contribution in [2.45, 2.75) is 19.3 Å². The molecule has 1 aromatic heterocycles. The van der Waals surface area contributed by atoms with Crippen molar-refractivity contribution >= 4 is 17.1 Å². The van der Waals surface area contributed by atoms with Gasteiger partial charge in [-0.05, 0) is 46.5 Å². The second kappa shape index (κ2) is 8.52. The van der Waals surface area contributed by atoms with Crippen LogP contribution in [0.1, 0.15) is 30.5 Å². The third-order valence-electron chi connectivity index (χ3n) is 7.18. The number of para-hydroxylation sites is 3. The van der Waals surface area contributed by atoms with E-state index in [1.165, 1.54) is 22.5 Å². The van der Waals surface area contributed by atoms with Crippen molar-refractivity contribution < 1.29 is 0 Å². The molecule has 0 aliphatic carbocycles. The molecule has 3 nitrogen and oxygen atoms in total. The first-order chi connectivity index (χ1) is 17.6. The zero-order valence-electron chi connectivity index (χ0n) is 20.3. The quantitative estimate of drug-likeness (QED) is 0.270. The highest BCUT2D eigenvalue weighted by Gasteiger charge is 2.37. The van der Waals surface area contributed by atoms with Crippen LogP contribution in [0.3, 0.4) is 0 Å². The third-order valence-corrected chi connectivity index (χ3v) is 7.18. The molecule has 0 saturated heterocycles. The average Bonchev–Trinajstić information content (AvgIpc) is 2.94. The Morgan fingerprint density at radius 1 is 0.639 bits per heavy atom. The minimum Gasteiger partial charge on any atom is -0.309 e. The molecule has 36 heavy (non-hydrogen) atoms. The van der Waals surface area contributed by atoms with Crippen molar-refractivity contribution in [1.82, 2.24) is 4.98 Å². The SMILES string of the molecule is CC1(C)c2ccccc2N(c2ccccc2-c2ccccc2-c2cncc(C#N)c2)c2ccccc21. The fourth-order valence-corrected chi connectivity index (χ4v) is 5.44. The number of hydrogen-bond donors (Lipinski definition) is 0. The summed E-state index contributed by atoms with van der Waals surface area (Å²) in [5.41, 5.74) is 10.8. The summed E-state index contributed by atoms with van der Waals surface area (Å²) >= 11 is 0. The highest BCUT2D eigenvalue weighted by atomic mass is 15.2. The number of aromatic nitrogens is 1. The Balaban J connectivity index is 1.61. The number of hydrogen-bond acceptors (Lipinski definition) is 3. The van der Waals surface area contributed by atoms with Crippen LogP contribution in [-0.4, -0.2) is 4.98 Å². The Morgan fingerprint density at radius 2 is 1.17 bits per heavy atom. The van der Waals surface area contributed by atoms with E-state index in [0.29, 0.717) is 5.56 Å². The lowest BCUT2D eigenvalue weighted by atomic mass is 9.73. The minimum absolute atomic E-state index is 0.111. The first kappa shape index (κ1) is 21.8. The maximum atomic E-state index is 9.44. The molecule has 5 aromatic rings. The first-order valence-corrected chi connectivity index (χ1v) is 12.1. The van der Waals surface area contributed by atoms with Crippen LogP contribution in [0.25, 0.3) is 22.3 Å². The van der Waals surface area contributed by atoms with E-state index in [1.54, 1.807) is 6.20 Å². The van der Waals surface area contributed by atoms with Crippen LogP contribution in [0, 0.1) is 11.3 Å². The summed E-state index contributed by atoms with van der Waals surface area (Å²) in [6, 6.07) is 38.5. The lowest BCUT2D eigenvalue weighted by molar-refractivity contribution is 0.632. The second-order valence-corrected chi connectivity index (χ2v) is 9.63. The Morgan fingerprint density at radius 3 is 1.81 bits per heavy atom. The van der Waals surface area contributed by atoms with Crippen LogP contribution in [0.5, 0.6) is 0 Å². The normalized spacial score (nSPS) is 13.4. The highest BCUT2D eigenvalue weighted by molar-refractivity contribution is 5.96. The summed E-state index contributed by atoms with van der Waals surface area (Å²) in [6.45, 7) is 4.61. The van der Waals surface area contributed by atoms with E-state index >= 15 is 0 Å². The fraction of sp³-hybridized carbons (Fsp3) is 0.0909. The number of nitrogens with zero attached hydrogens (tertiary/aromatic N) is 3. The summed E-state index contributed by atoms with van der Waals surface area (Å²) in [6.07, 6.45) is 3.43. The van der Waals surface area contributed by atoms with Crippen molar-refractivity contribution in [3.8, 4) is 28.3 Å². The smallest absolute Gasteiger partial charge is 0.101 e. The van der Waals surface area contributed by atoms with E-state index in [4.69, 9.17) is 0 Å². The van der Waals surface area contributed by atoms with Gasteiger partial charge in [0.05, 0.1) is 22.6 Å². The zero-order chi connectivity index (χ0) is 24.7. The van der Waals surface area contributed by atoms with Gasteiger partial charge in [-0.15, -0.1) is 0 Å². The predicted molar refractivity (Wildman–Crippen MR) is 147 cm³/mol. The molecule has 0 N–H and O–H groups in total. The van der Waals surface area contributed by atoms with Gasteiger partial charge in [0.1, 0.15) is 6.07 Å². The topological polar surface area (TPSA) is 39.9 Å².